The SMILES string of the molecule is CNCCCN1CC(=O)NCC1C(C)C. The van der Waals surface area contributed by atoms with Gasteiger partial charge in [-0.3, -0.25) is 9.69 Å². The van der Waals surface area contributed by atoms with Crippen molar-refractivity contribution in [1.82, 2.24) is 15.5 Å². The van der Waals surface area contributed by atoms with Crippen LogP contribution >= 0.6 is 0 Å². The number of carbonyl (C=O) groups excluding carboxylic acids is 1. The molecular formula is C11H23N3O. The van der Waals surface area contributed by atoms with Gasteiger partial charge in [-0.1, -0.05) is 13.8 Å². The molecule has 0 radical (unpaired) electrons. The van der Waals surface area contributed by atoms with E-state index in [9.17, 15) is 4.79 Å². The van der Waals surface area contributed by atoms with Crippen LogP contribution < -0.4 is 10.6 Å². The van der Waals surface area contributed by atoms with E-state index in [2.05, 4.69) is 29.4 Å². The highest BCUT2D eigenvalue weighted by molar-refractivity contribution is 5.78. The second kappa shape index (κ2) is 6.08. The second-order valence-corrected chi connectivity index (χ2v) is 4.54. The van der Waals surface area contributed by atoms with Gasteiger partial charge in [0.25, 0.3) is 0 Å². The molecule has 0 aliphatic carbocycles. The van der Waals surface area contributed by atoms with Gasteiger partial charge in [-0.15, -0.1) is 0 Å². The van der Waals surface area contributed by atoms with Crippen LogP contribution in [0.2, 0.25) is 0 Å². The Morgan fingerprint density at radius 2 is 2.33 bits per heavy atom. The Morgan fingerprint density at radius 3 is 2.93 bits per heavy atom. The smallest absolute Gasteiger partial charge is 0.234 e. The van der Waals surface area contributed by atoms with Crippen LogP contribution in [0.4, 0.5) is 0 Å². The molecule has 1 heterocycles. The van der Waals surface area contributed by atoms with Gasteiger partial charge in [-0.05, 0) is 25.9 Å². The fourth-order valence-electron chi connectivity index (χ4n) is 2.07. The zero-order valence-corrected chi connectivity index (χ0v) is 10.0. The normalized spacial score (nSPS) is 23.2. The van der Waals surface area contributed by atoms with E-state index < -0.39 is 0 Å². The van der Waals surface area contributed by atoms with Crippen molar-refractivity contribution >= 4 is 5.91 Å². The van der Waals surface area contributed by atoms with E-state index in [1.807, 2.05) is 7.05 Å². The minimum absolute atomic E-state index is 0.163. The number of carbonyl (C=O) groups is 1. The van der Waals surface area contributed by atoms with Gasteiger partial charge in [0.05, 0.1) is 6.54 Å². The first-order valence-corrected chi connectivity index (χ1v) is 5.80. The molecule has 0 saturated carbocycles. The number of rotatable bonds is 5. The first kappa shape index (κ1) is 12.5. The highest BCUT2D eigenvalue weighted by Gasteiger charge is 2.27. The van der Waals surface area contributed by atoms with Gasteiger partial charge in [0.2, 0.25) is 5.91 Å². The molecule has 1 aliphatic heterocycles. The monoisotopic (exact) mass is 213 g/mol. The van der Waals surface area contributed by atoms with Crippen molar-refractivity contribution in [2.45, 2.75) is 26.3 Å². The van der Waals surface area contributed by atoms with Crippen molar-refractivity contribution in [2.75, 3.05) is 33.2 Å². The molecule has 1 fully saturated rings. The number of hydrogen-bond acceptors (Lipinski definition) is 3. The number of nitrogens with one attached hydrogen (secondary N) is 2. The Morgan fingerprint density at radius 1 is 1.60 bits per heavy atom. The van der Waals surface area contributed by atoms with E-state index in [4.69, 9.17) is 0 Å². The van der Waals surface area contributed by atoms with Crippen LogP contribution in [-0.4, -0.2) is 50.1 Å². The molecule has 15 heavy (non-hydrogen) atoms. The third-order valence-electron chi connectivity index (χ3n) is 2.97. The molecule has 0 bridgehead atoms. The van der Waals surface area contributed by atoms with Gasteiger partial charge in [0.15, 0.2) is 0 Å². The summed E-state index contributed by atoms with van der Waals surface area (Å²) < 4.78 is 0. The van der Waals surface area contributed by atoms with Crippen LogP contribution in [0.5, 0.6) is 0 Å². The molecule has 1 unspecified atom stereocenters. The lowest BCUT2D eigenvalue weighted by Crippen LogP contribution is -2.56. The van der Waals surface area contributed by atoms with Crippen molar-refractivity contribution in [2.24, 2.45) is 5.92 Å². The largest absolute Gasteiger partial charge is 0.353 e. The molecule has 0 aromatic carbocycles. The van der Waals surface area contributed by atoms with Gasteiger partial charge in [-0.2, -0.15) is 0 Å². The Kier molecular flexibility index (Phi) is 5.05. The maximum Gasteiger partial charge on any atom is 0.234 e. The first-order chi connectivity index (χ1) is 7.15. The van der Waals surface area contributed by atoms with Crippen LogP contribution in [-0.2, 0) is 4.79 Å². The lowest BCUT2D eigenvalue weighted by molar-refractivity contribution is -0.126. The maximum absolute atomic E-state index is 11.3. The van der Waals surface area contributed by atoms with E-state index in [1.165, 1.54) is 0 Å². The Labute approximate surface area is 92.4 Å². The van der Waals surface area contributed by atoms with Crippen LogP contribution in [0, 0.1) is 5.92 Å². The molecule has 1 rings (SSSR count). The summed E-state index contributed by atoms with van der Waals surface area (Å²) in [5.74, 6) is 0.761. The van der Waals surface area contributed by atoms with E-state index >= 15 is 0 Å². The lowest BCUT2D eigenvalue weighted by Gasteiger charge is -2.37. The number of nitrogens with zero attached hydrogens (tertiary/aromatic N) is 1. The van der Waals surface area contributed by atoms with Crippen molar-refractivity contribution < 1.29 is 4.79 Å². The highest BCUT2D eigenvalue weighted by Crippen LogP contribution is 2.13. The lowest BCUT2D eigenvalue weighted by atomic mass is 10.0. The molecule has 0 spiro atoms. The third-order valence-corrected chi connectivity index (χ3v) is 2.97. The molecule has 4 heteroatoms. The van der Waals surface area contributed by atoms with E-state index in [-0.39, 0.29) is 5.91 Å². The summed E-state index contributed by atoms with van der Waals surface area (Å²) in [5.41, 5.74) is 0. The summed E-state index contributed by atoms with van der Waals surface area (Å²) >= 11 is 0. The molecule has 4 nitrogen and oxygen atoms in total. The van der Waals surface area contributed by atoms with Crippen LogP contribution in [0.25, 0.3) is 0 Å². The first-order valence-electron chi connectivity index (χ1n) is 5.80. The highest BCUT2D eigenvalue weighted by atomic mass is 16.2. The molecule has 0 aromatic rings. The van der Waals surface area contributed by atoms with Crippen LogP contribution in [0.15, 0.2) is 0 Å². The zero-order valence-electron chi connectivity index (χ0n) is 10.0. The summed E-state index contributed by atoms with van der Waals surface area (Å²) in [6.45, 7) is 7.82. The Hall–Kier alpha value is -0.610. The predicted octanol–water partition coefficient (Wildman–Crippen LogP) is 0.0523. The number of amides is 1. The standard InChI is InChI=1S/C11H23N3O/c1-9(2)10-7-13-11(15)8-14(10)6-4-5-12-3/h9-10,12H,4-8H2,1-3H3,(H,13,15). The molecule has 1 atom stereocenters. The van der Waals surface area contributed by atoms with Crippen LogP contribution in [0.1, 0.15) is 20.3 Å². The quantitative estimate of drug-likeness (QED) is 0.634. The van der Waals surface area contributed by atoms with Gasteiger partial charge in [-0.25, -0.2) is 0 Å². The topological polar surface area (TPSA) is 44.4 Å². The maximum atomic E-state index is 11.3. The van der Waals surface area contributed by atoms with E-state index in [0.29, 0.717) is 18.5 Å². The third kappa shape index (κ3) is 3.80. The Bertz CT molecular complexity index is 206. The molecule has 0 aromatic heterocycles. The number of hydrogen-bond donors (Lipinski definition) is 2. The molecule has 1 aliphatic rings. The summed E-state index contributed by atoms with van der Waals surface area (Å²) in [6, 6.07) is 0.500. The fraction of sp³-hybridized carbons (Fsp3) is 0.909. The van der Waals surface area contributed by atoms with Gasteiger partial charge in [0, 0.05) is 19.1 Å². The van der Waals surface area contributed by atoms with Crippen molar-refractivity contribution in [3.05, 3.63) is 0 Å². The van der Waals surface area contributed by atoms with Gasteiger partial charge >= 0.3 is 0 Å². The molecule has 88 valence electrons. The summed E-state index contributed by atoms with van der Waals surface area (Å²) in [7, 11) is 1.96. The minimum atomic E-state index is 0.163. The van der Waals surface area contributed by atoms with Crippen molar-refractivity contribution in [3.63, 3.8) is 0 Å². The minimum Gasteiger partial charge on any atom is -0.353 e. The zero-order chi connectivity index (χ0) is 11.3. The predicted molar refractivity (Wildman–Crippen MR) is 61.8 cm³/mol. The molecular weight excluding hydrogens is 190 g/mol. The number of piperazine rings is 1. The van der Waals surface area contributed by atoms with Crippen molar-refractivity contribution in [1.29, 1.82) is 0 Å². The summed E-state index contributed by atoms with van der Waals surface area (Å²) in [6.07, 6.45) is 1.10. The van der Waals surface area contributed by atoms with Gasteiger partial charge < -0.3 is 10.6 Å². The van der Waals surface area contributed by atoms with E-state index in [0.717, 1.165) is 26.1 Å². The molecule has 1 saturated heterocycles. The van der Waals surface area contributed by atoms with Gasteiger partial charge in [0.1, 0.15) is 0 Å². The van der Waals surface area contributed by atoms with Crippen molar-refractivity contribution in [3.8, 4) is 0 Å². The van der Waals surface area contributed by atoms with E-state index in [1.54, 1.807) is 0 Å². The second-order valence-electron chi connectivity index (χ2n) is 4.54. The average Bonchev–Trinajstić information content (AvgIpc) is 2.18. The fourth-order valence-corrected chi connectivity index (χ4v) is 2.07. The average molecular weight is 213 g/mol. The Balaban J connectivity index is 2.43. The summed E-state index contributed by atoms with van der Waals surface area (Å²) in [5, 5.41) is 6.07. The van der Waals surface area contributed by atoms with Crippen LogP contribution in [0.3, 0.4) is 0 Å². The molecule has 1 amide bonds. The summed E-state index contributed by atoms with van der Waals surface area (Å²) in [4.78, 5) is 13.6. The molecule has 2 N–H and O–H groups in total.